The monoisotopic (exact) mass is 511 g/mol. The Morgan fingerprint density at radius 1 is 1.14 bits per heavy atom. The van der Waals surface area contributed by atoms with Crippen LogP contribution < -0.4 is 20.1 Å². The number of benzene rings is 2. The van der Waals surface area contributed by atoms with E-state index in [9.17, 15) is 18.0 Å². The molecule has 10 heteroatoms. The number of rotatable bonds is 5. The second-order valence-corrected chi connectivity index (χ2v) is 9.79. The number of ether oxygens (including phenoxy) is 2. The van der Waals surface area contributed by atoms with Crippen molar-refractivity contribution in [1.82, 2.24) is 10.2 Å². The van der Waals surface area contributed by atoms with E-state index in [1.54, 1.807) is 14.2 Å². The van der Waals surface area contributed by atoms with Crippen LogP contribution in [0.1, 0.15) is 30.4 Å². The van der Waals surface area contributed by atoms with E-state index >= 15 is 0 Å². The van der Waals surface area contributed by atoms with Crippen LogP contribution in [0.4, 0.5) is 23.7 Å². The van der Waals surface area contributed by atoms with Crippen molar-refractivity contribution >= 4 is 23.3 Å². The number of methoxy groups -OCH3 is 2. The highest BCUT2D eigenvalue weighted by atomic mass is 35.5. The van der Waals surface area contributed by atoms with Crippen LogP contribution in [0.2, 0.25) is 5.02 Å². The Morgan fingerprint density at radius 3 is 2.57 bits per heavy atom. The van der Waals surface area contributed by atoms with E-state index in [-0.39, 0.29) is 17.1 Å². The molecule has 35 heavy (non-hydrogen) atoms. The largest absolute Gasteiger partial charge is 0.493 e. The van der Waals surface area contributed by atoms with Crippen LogP contribution in [0.15, 0.2) is 36.4 Å². The predicted molar refractivity (Wildman–Crippen MR) is 128 cm³/mol. The summed E-state index contributed by atoms with van der Waals surface area (Å²) >= 11 is 5.67. The van der Waals surface area contributed by atoms with Gasteiger partial charge in [-0.3, -0.25) is 0 Å². The Labute approximate surface area is 207 Å². The Bertz CT molecular complexity index is 1100. The van der Waals surface area contributed by atoms with E-state index in [0.717, 1.165) is 44.5 Å². The Hall–Kier alpha value is -2.65. The topological polar surface area (TPSA) is 62.8 Å². The number of anilines is 1. The smallest absolute Gasteiger partial charge is 0.417 e. The minimum atomic E-state index is -4.60. The Balaban J connectivity index is 1.46. The molecule has 4 rings (SSSR count). The molecule has 2 aromatic carbocycles. The van der Waals surface area contributed by atoms with E-state index in [1.165, 1.54) is 11.6 Å². The van der Waals surface area contributed by atoms with Crippen molar-refractivity contribution in [2.24, 2.45) is 5.92 Å². The standard InChI is InChI=1S/C25H29ClF3N3O3/c1-32-13-16-10-18(31-23(33)30-17-5-6-20(26)19(12-17)25(27,28)29)8-9-24(16,14-32)15-4-7-21(34-2)22(11-15)35-3/h4-7,11-12,16,18H,8-10,13-14H2,1-3H3,(H2,30,31,33)/t16-,18-,24+/m1/s1. The van der Waals surface area contributed by atoms with Crippen molar-refractivity contribution in [2.75, 3.05) is 39.7 Å². The van der Waals surface area contributed by atoms with Crippen LogP contribution >= 0.6 is 11.6 Å². The molecule has 190 valence electrons. The van der Waals surface area contributed by atoms with Gasteiger partial charge < -0.3 is 25.0 Å². The van der Waals surface area contributed by atoms with Gasteiger partial charge in [-0.15, -0.1) is 0 Å². The zero-order valence-electron chi connectivity index (χ0n) is 19.8. The fraction of sp³-hybridized carbons (Fsp3) is 0.480. The van der Waals surface area contributed by atoms with Crippen LogP contribution in [0.3, 0.4) is 0 Å². The van der Waals surface area contributed by atoms with Gasteiger partial charge in [-0.1, -0.05) is 17.7 Å². The number of likely N-dealkylation sites (tertiary alicyclic amines) is 1. The molecular formula is C25H29ClF3N3O3. The van der Waals surface area contributed by atoms with Gasteiger partial charge in [0.1, 0.15) is 0 Å². The van der Waals surface area contributed by atoms with Crippen molar-refractivity contribution in [3.05, 3.63) is 52.5 Å². The number of carbonyl (C=O) groups excluding carboxylic acids is 1. The molecule has 2 aromatic rings. The van der Waals surface area contributed by atoms with Gasteiger partial charge in [-0.25, -0.2) is 4.79 Å². The molecule has 0 bridgehead atoms. The molecule has 0 spiro atoms. The van der Waals surface area contributed by atoms with Gasteiger partial charge in [-0.05, 0) is 68.1 Å². The second kappa shape index (κ2) is 9.78. The third-order valence-electron chi connectivity index (χ3n) is 7.20. The summed E-state index contributed by atoms with van der Waals surface area (Å²) in [6.07, 6.45) is -2.22. The van der Waals surface area contributed by atoms with E-state index in [0.29, 0.717) is 17.4 Å². The average molecular weight is 512 g/mol. The third kappa shape index (κ3) is 5.16. The summed E-state index contributed by atoms with van der Waals surface area (Å²) in [4.78, 5) is 14.9. The summed E-state index contributed by atoms with van der Waals surface area (Å²) in [5.41, 5.74) is 0.174. The fourth-order valence-electron chi connectivity index (χ4n) is 5.62. The molecule has 2 fully saturated rings. The number of hydrogen-bond acceptors (Lipinski definition) is 4. The maximum atomic E-state index is 13.1. The molecule has 2 amide bonds. The van der Waals surface area contributed by atoms with Crippen LogP contribution in [-0.2, 0) is 11.6 Å². The van der Waals surface area contributed by atoms with Crippen molar-refractivity contribution in [1.29, 1.82) is 0 Å². The number of nitrogens with zero attached hydrogens (tertiary/aromatic N) is 1. The quantitative estimate of drug-likeness (QED) is 0.552. The molecule has 1 aliphatic heterocycles. The van der Waals surface area contributed by atoms with Crippen molar-refractivity contribution in [3.8, 4) is 11.5 Å². The highest BCUT2D eigenvalue weighted by molar-refractivity contribution is 6.31. The maximum Gasteiger partial charge on any atom is 0.417 e. The van der Waals surface area contributed by atoms with Gasteiger partial charge in [0.15, 0.2) is 11.5 Å². The number of halogens is 4. The van der Waals surface area contributed by atoms with Gasteiger partial charge >= 0.3 is 12.2 Å². The summed E-state index contributed by atoms with van der Waals surface area (Å²) in [5, 5.41) is 5.06. The zero-order valence-corrected chi connectivity index (χ0v) is 20.6. The van der Waals surface area contributed by atoms with Crippen molar-refractivity contribution in [3.63, 3.8) is 0 Å². The molecule has 3 atom stereocenters. The molecule has 1 saturated carbocycles. The van der Waals surface area contributed by atoms with Gasteiger partial charge in [0.05, 0.1) is 24.8 Å². The van der Waals surface area contributed by atoms with Crippen LogP contribution in [0, 0.1) is 5.92 Å². The van der Waals surface area contributed by atoms with E-state index in [4.69, 9.17) is 21.1 Å². The molecule has 0 unspecified atom stereocenters. The fourth-order valence-corrected chi connectivity index (χ4v) is 5.85. The first-order chi connectivity index (χ1) is 16.6. The predicted octanol–water partition coefficient (Wildman–Crippen LogP) is 5.55. The van der Waals surface area contributed by atoms with E-state index < -0.39 is 22.8 Å². The lowest BCUT2D eigenvalue weighted by molar-refractivity contribution is -0.137. The molecule has 6 nitrogen and oxygen atoms in total. The van der Waals surface area contributed by atoms with Gasteiger partial charge in [-0.2, -0.15) is 13.2 Å². The summed E-state index contributed by atoms with van der Waals surface area (Å²) in [6.45, 7) is 1.79. The molecule has 2 aliphatic rings. The van der Waals surface area contributed by atoms with E-state index in [1.807, 2.05) is 12.1 Å². The SMILES string of the molecule is COc1ccc([C@@]23CC[C@@H](NC(=O)Nc4ccc(Cl)c(C(F)(F)F)c4)C[C@@H]2CN(C)C3)cc1OC. The average Bonchev–Trinajstić information content (AvgIpc) is 3.15. The number of alkyl halides is 3. The minimum absolute atomic E-state index is 0.0373. The highest BCUT2D eigenvalue weighted by Crippen LogP contribution is 2.49. The number of fused-ring (bicyclic) bond motifs is 1. The molecular weight excluding hydrogens is 483 g/mol. The van der Waals surface area contributed by atoms with Crippen molar-refractivity contribution in [2.45, 2.75) is 36.9 Å². The van der Waals surface area contributed by atoms with Crippen LogP contribution in [0.5, 0.6) is 11.5 Å². The number of hydrogen-bond donors (Lipinski definition) is 2. The molecule has 0 aromatic heterocycles. The zero-order chi connectivity index (χ0) is 25.4. The first-order valence-corrected chi connectivity index (χ1v) is 11.8. The minimum Gasteiger partial charge on any atom is -0.493 e. The number of carbonyl (C=O) groups is 1. The summed E-state index contributed by atoms with van der Waals surface area (Å²) in [6, 6.07) is 8.77. The number of amides is 2. The first-order valence-electron chi connectivity index (χ1n) is 11.4. The lowest BCUT2D eigenvalue weighted by Crippen LogP contribution is -2.48. The van der Waals surface area contributed by atoms with Crippen LogP contribution in [-0.4, -0.2) is 51.3 Å². The molecule has 2 N–H and O–H groups in total. The summed E-state index contributed by atoms with van der Waals surface area (Å²) in [7, 11) is 5.32. The highest BCUT2D eigenvalue weighted by Gasteiger charge is 2.50. The molecule has 1 saturated heterocycles. The van der Waals surface area contributed by atoms with Crippen molar-refractivity contribution < 1.29 is 27.4 Å². The lowest BCUT2D eigenvalue weighted by Gasteiger charge is -2.42. The summed E-state index contributed by atoms with van der Waals surface area (Å²) in [5.74, 6) is 1.67. The van der Waals surface area contributed by atoms with E-state index in [2.05, 4.69) is 28.6 Å². The van der Waals surface area contributed by atoms with Gasteiger partial charge in [0.25, 0.3) is 0 Å². The number of nitrogens with one attached hydrogen (secondary N) is 2. The third-order valence-corrected chi connectivity index (χ3v) is 7.53. The summed E-state index contributed by atoms with van der Waals surface area (Å²) < 4.78 is 50.3. The maximum absolute atomic E-state index is 13.1. The number of urea groups is 1. The van der Waals surface area contributed by atoms with Crippen LogP contribution in [0.25, 0.3) is 0 Å². The normalized spacial score (nSPS) is 24.5. The Morgan fingerprint density at radius 2 is 1.89 bits per heavy atom. The molecule has 1 heterocycles. The Kier molecular flexibility index (Phi) is 7.11. The number of likely N-dealkylation sites (N-methyl/N-ethyl adjacent to an activating group) is 1. The molecule has 0 radical (unpaired) electrons. The molecule has 1 aliphatic carbocycles. The second-order valence-electron chi connectivity index (χ2n) is 9.38. The first kappa shape index (κ1) is 25.4. The lowest BCUT2D eigenvalue weighted by atomic mass is 9.63. The van der Waals surface area contributed by atoms with Gasteiger partial charge in [0.2, 0.25) is 0 Å². The van der Waals surface area contributed by atoms with Gasteiger partial charge in [0, 0.05) is 30.2 Å².